The third-order valence-electron chi connectivity index (χ3n) is 3.45. The molecule has 104 valence electrons. The minimum atomic E-state index is 0.617. The Bertz CT molecular complexity index is 611. The van der Waals surface area contributed by atoms with Crippen molar-refractivity contribution in [2.75, 3.05) is 7.11 Å². The summed E-state index contributed by atoms with van der Waals surface area (Å²) in [5.74, 6) is 0.690. The van der Waals surface area contributed by atoms with Crippen molar-refractivity contribution in [3.8, 4) is 16.9 Å². The van der Waals surface area contributed by atoms with Gasteiger partial charge in [0.25, 0.3) is 0 Å². The van der Waals surface area contributed by atoms with Gasteiger partial charge in [0.1, 0.15) is 5.75 Å². The summed E-state index contributed by atoms with van der Waals surface area (Å²) in [6.07, 6.45) is 6.35. The highest BCUT2D eigenvalue weighted by Gasteiger charge is 2.19. The van der Waals surface area contributed by atoms with Crippen LogP contribution in [0, 0.1) is 0 Å². The van der Waals surface area contributed by atoms with Crippen LogP contribution >= 0.6 is 11.6 Å². The molecule has 1 saturated carbocycles. The van der Waals surface area contributed by atoms with Crippen molar-refractivity contribution in [1.82, 2.24) is 10.3 Å². The highest BCUT2D eigenvalue weighted by atomic mass is 35.5. The van der Waals surface area contributed by atoms with Crippen LogP contribution in [0.1, 0.15) is 18.4 Å². The number of hydrogen-bond acceptors (Lipinski definition) is 3. The standard InChI is InChI=1S/C16H17ClN2O/c1-20-16-5-2-12(7-15(16)17)13-6-11(8-18-10-13)9-19-14-3-4-14/h2,5-8,10,14,19H,3-4,9H2,1H3. The van der Waals surface area contributed by atoms with Gasteiger partial charge in [-0.3, -0.25) is 4.98 Å². The summed E-state index contributed by atoms with van der Waals surface area (Å²) in [4.78, 5) is 4.32. The molecule has 0 saturated heterocycles. The van der Waals surface area contributed by atoms with Crippen molar-refractivity contribution in [1.29, 1.82) is 0 Å². The van der Waals surface area contributed by atoms with E-state index in [9.17, 15) is 0 Å². The number of methoxy groups -OCH3 is 1. The first-order chi connectivity index (χ1) is 9.76. The fourth-order valence-corrected chi connectivity index (χ4v) is 2.40. The number of hydrogen-bond donors (Lipinski definition) is 1. The van der Waals surface area contributed by atoms with E-state index in [1.807, 2.05) is 30.6 Å². The van der Waals surface area contributed by atoms with Gasteiger partial charge in [0.15, 0.2) is 0 Å². The Kier molecular flexibility index (Phi) is 3.90. The van der Waals surface area contributed by atoms with Crippen molar-refractivity contribution in [3.05, 3.63) is 47.2 Å². The summed E-state index contributed by atoms with van der Waals surface area (Å²) >= 11 is 6.17. The number of halogens is 1. The van der Waals surface area contributed by atoms with Gasteiger partial charge in [-0.15, -0.1) is 0 Å². The Morgan fingerprint density at radius 3 is 2.80 bits per heavy atom. The number of benzene rings is 1. The third kappa shape index (κ3) is 3.11. The molecule has 0 radical (unpaired) electrons. The second-order valence-corrected chi connectivity index (χ2v) is 5.49. The number of nitrogens with zero attached hydrogens (tertiary/aromatic N) is 1. The number of rotatable bonds is 5. The minimum absolute atomic E-state index is 0.617. The van der Waals surface area contributed by atoms with Gasteiger partial charge in [0.2, 0.25) is 0 Å². The zero-order chi connectivity index (χ0) is 13.9. The van der Waals surface area contributed by atoms with Gasteiger partial charge in [-0.2, -0.15) is 0 Å². The number of pyridine rings is 1. The lowest BCUT2D eigenvalue weighted by Gasteiger charge is -2.08. The third-order valence-corrected chi connectivity index (χ3v) is 3.75. The molecule has 0 spiro atoms. The van der Waals surface area contributed by atoms with Gasteiger partial charge in [-0.05, 0) is 42.2 Å². The molecular weight excluding hydrogens is 272 g/mol. The van der Waals surface area contributed by atoms with E-state index in [0.29, 0.717) is 16.8 Å². The first kappa shape index (κ1) is 13.4. The average Bonchev–Trinajstić information content (AvgIpc) is 3.29. The van der Waals surface area contributed by atoms with Gasteiger partial charge < -0.3 is 10.1 Å². The zero-order valence-corrected chi connectivity index (χ0v) is 12.2. The fraction of sp³-hybridized carbons (Fsp3) is 0.312. The lowest BCUT2D eigenvalue weighted by atomic mass is 10.1. The first-order valence-corrected chi connectivity index (χ1v) is 7.15. The second-order valence-electron chi connectivity index (χ2n) is 5.09. The van der Waals surface area contributed by atoms with Crippen LogP contribution in [0.3, 0.4) is 0 Å². The Balaban J connectivity index is 1.81. The molecule has 1 N–H and O–H groups in total. The van der Waals surface area contributed by atoms with Gasteiger partial charge in [0, 0.05) is 30.5 Å². The summed E-state index contributed by atoms with van der Waals surface area (Å²) < 4.78 is 5.17. The predicted molar refractivity (Wildman–Crippen MR) is 81.1 cm³/mol. The molecule has 0 aliphatic heterocycles. The topological polar surface area (TPSA) is 34.1 Å². The van der Waals surface area contributed by atoms with Crippen LogP contribution in [0.4, 0.5) is 0 Å². The molecule has 0 amide bonds. The van der Waals surface area contributed by atoms with Crippen molar-refractivity contribution < 1.29 is 4.74 Å². The van der Waals surface area contributed by atoms with Crippen molar-refractivity contribution in [3.63, 3.8) is 0 Å². The molecule has 2 aromatic rings. The molecule has 1 aliphatic rings. The van der Waals surface area contributed by atoms with E-state index in [1.165, 1.54) is 18.4 Å². The summed E-state index contributed by atoms with van der Waals surface area (Å²) in [5.41, 5.74) is 3.32. The number of ether oxygens (including phenoxy) is 1. The van der Waals surface area contributed by atoms with Crippen LogP contribution in [0.5, 0.6) is 5.75 Å². The van der Waals surface area contributed by atoms with Crippen molar-refractivity contribution in [2.24, 2.45) is 0 Å². The summed E-state index contributed by atoms with van der Waals surface area (Å²) in [7, 11) is 1.62. The molecule has 1 aromatic carbocycles. The Hall–Kier alpha value is -1.58. The Morgan fingerprint density at radius 2 is 2.10 bits per heavy atom. The van der Waals surface area contributed by atoms with Gasteiger partial charge in [-0.1, -0.05) is 17.7 Å². The summed E-state index contributed by atoms with van der Waals surface area (Å²) in [5, 5.41) is 4.11. The lowest BCUT2D eigenvalue weighted by molar-refractivity contribution is 0.415. The monoisotopic (exact) mass is 288 g/mol. The van der Waals surface area contributed by atoms with Crippen molar-refractivity contribution in [2.45, 2.75) is 25.4 Å². The Labute approximate surface area is 123 Å². The first-order valence-electron chi connectivity index (χ1n) is 6.77. The maximum absolute atomic E-state index is 6.17. The van der Waals surface area contributed by atoms with Crippen LogP contribution in [0.2, 0.25) is 5.02 Å². The van der Waals surface area contributed by atoms with Crippen LogP contribution < -0.4 is 10.1 Å². The van der Waals surface area contributed by atoms with Crippen LogP contribution in [-0.4, -0.2) is 18.1 Å². The van der Waals surface area contributed by atoms with Gasteiger partial charge in [-0.25, -0.2) is 0 Å². The van der Waals surface area contributed by atoms with E-state index in [0.717, 1.165) is 17.7 Å². The zero-order valence-electron chi connectivity index (χ0n) is 11.4. The van der Waals surface area contributed by atoms with Crippen LogP contribution in [-0.2, 0) is 6.54 Å². The van der Waals surface area contributed by atoms with E-state index >= 15 is 0 Å². The fourth-order valence-electron chi connectivity index (χ4n) is 2.14. The quantitative estimate of drug-likeness (QED) is 0.912. The maximum atomic E-state index is 6.17. The molecule has 3 nitrogen and oxygen atoms in total. The van der Waals surface area contributed by atoms with E-state index < -0.39 is 0 Å². The van der Waals surface area contributed by atoms with Crippen LogP contribution in [0.15, 0.2) is 36.7 Å². The predicted octanol–water partition coefficient (Wildman–Crippen LogP) is 3.66. The van der Waals surface area contributed by atoms with E-state index in [2.05, 4.69) is 16.4 Å². The highest BCUT2D eigenvalue weighted by Crippen LogP contribution is 2.30. The minimum Gasteiger partial charge on any atom is -0.495 e. The normalized spacial score (nSPS) is 14.3. The SMILES string of the molecule is COc1ccc(-c2cncc(CNC3CC3)c2)cc1Cl. The molecule has 0 unspecified atom stereocenters. The van der Waals surface area contributed by atoms with Gasteiger partial charge >= 0.3 is 0 Å². The van der Waals surface area contributed by atoms with Crippen molar-refractivity contribution >= 4 is 11.6 Å². The molecule has 0 atom stereocenters. The number of nitrogens with one attached hydrogen (secondary N) is 1. The molecule has 20 heavy (non-hydrogen) atoms. The number of aromatic nitrogens is 1. The van der Waals surface area contributed by atoms with Gasteiger partial charge in [0.05, 0.1) is 12.1 Å². The summed E-state index contributed by atoms with van der Waals surface area (Å²) in [6, 6.07) is 8.65. The largest absolute Gasteiger partial charge is 0.495 e. The van der Waals surface area contributed by atoms with E-state index in [1.54, 1.807) is 7.11 Å². The van der Waals surface area contributed by atoms with E-state index in [-0.39, 0.29) is 0 Å². The Morgan fingerprint density at radius 1 is 1.25 bits per heavy atom. The van der Waals surface area contributed by atoms with E-state index in [4.69, 9.17) is 16.3 Å². The summed E-state index contributed by atoms with van der Waals surface area (Å²) in [6.45, 7) is 0.870. The molecule has 1 aromatic heterocycles. The molecular formula is C16H17ClN2O. The molecule has 4 heteroatoms. The molecule has 0 bridgehead atoms. The lowest BCUT2D eigenvalue weighted by Crippen LogP contribution is -2.15. The molecule has 1 heterocycles. The smallest absolute Gasteiger partial charge is 0.137 e. The molecule has 1 aliphatic carbocycles. The second kappa shape index (κ2) is 5.81. The molecule has 1 fully saturated rings. The average molecular weight is 289 g/mol. The maximum Gasteiger partial charge on any atom is 0.137 e. The molecule has 3 rings (SSSR count). The highest BCUT2D eigenvalue weighted by molar-refractivity contribution is 6.32. The van der Waals surface area contributed by atoms with Crippen LogP contribution in [0.25, 0.3) is 11.1 Å².